The van der Waals surface area contributed by atoms with Crippen molar-refractivity contribution in [1.82, 2.24) is 0 Å². The average Bonchev–Trinajstić information content (AvgIpc) is 2.80. The van der Waals surface area contributed by atoms with Gasteiger partial charge in [-0.1, -0.05) is 60.7 Å². The summed E-state index contributed by atoms with van der Waals surface area (Å²) >= 11 is 0. The molecule has 2 aromatic rings. The van der Waals surface area contributed by atoms with E-state index in [1.807, 2.05) is 48.5 Å². The molecule has 2 aromatic carbocycles. The second-order valence-electron chi connectivity index (χ2n) is 7.16. The third-order valence-corrected chi connectivity index (χ3v) is 4.86. The molecule has 0 spiro atoms. The largest absolute Gasteiger partial charge is 0.463 e. The van der Waals surface area contributed by atoms with Crippen molar-refractivity contribution >= 4 is 38.2 Å². The first-order chi connectivity index (χ1) is 14.8. The number of benzene rings is 2. The van der Waals surface area contributed by atoms with Gasteiger partial charge in [0.1, 0.15) is 13.4 Å². The summed E-state index contributed by atoms with van der Waals surface area (Å²) in [4.78, 5) is 35.3. The van der Waals surface area contributed by atoms with E-state index >= 15 is 0 Å². The summed E-state index contributed by atoms with van der Waals surface area (Å²) < 4.78 is 24.9. The minimum atomic E-state index is -2.09. The fraction of sp³-hybridized carbons (Fsp3) is 0.208. The second-order valence-corrected chi connectivity index (χ2v) is 7.16. The van der Waals surface area contributed by atoms with Gasteiger partial charge in [-0.25, -0.2) is 14.0 Å². The van der Waals surface area contributed by atoms with Crippen LogP contribution in [0.4, 0.5) is 4.39 Å². The maximum Gasteiger partial charge on any atom is 0.331 e. The first-order valence-corrected chi connectivity index (χ1v) is 9.80. The van der Waals surface area contributed by atoms with E-state index in [1.54, 1.807) is 26.1 Å². The van der Waals surface area contributed by atoms with Crippen molar-refractivity contribution in [1.29, 1.82) is 0 Å². The van der Waals surface area contributed by atoms with Crippen LogP contribution in [-0.2, 0) is 23.9 Å². The van der Waals surface area contributed by atoms with Crippen LogP contribution in [0.3, 0.4) is 0 Å². The number of carbonyl (C=O) groups excluding carboxylic acids is 3. The summed E-state index contributed by atoms with van der Waals surface area (Å²) in [6.45, 7) is 1.07. The zero-order chi connectivity index (χ0) is 22.7. The molecule has 0 fully saturated rings. The Morgan fingerprint density at radius 1 is 0.968 bits per heavy atom. The van der Waals surface area contributed by atoms with Crippen LogP contribution in [0, 0.1) is 0 Å². The lowest BCUT2D eigenvalue weighted by atomic mass is 9.72. The molecular weight excluding hydrogens is 398 g/mol. The molecule has 0 aliphatic rings. The van der Waals surface area contributed by atoms with Gasteiger partial charge in [-0.2, -0.15) is 0 Å². The molecule has 0 radical (unpaired) electrons. The molecule has 7 heteroatoms. The number of alkyl halides is 1. The quantitative estimate of drug-likeness (QED) is 0.255. The van der Waals surface area contributed by atoms with Crippen molar-refractivity contribution in [3.8, 4) is 0 Å². The molecular formula is C24H24BFO5. The number of hydrogen-bond acceptors (Lipinski definition) is 5. The number of rotatable bonds is 10. The van der Waals surface area contributed by atoms with E-state index in [0.717, 1.165) is 17.2 Å². The zero-order valence-electron chi connectivity index (χ0n) is 17.4. The highest BCUT2D eigenvalue weighted by atomic mass is 19.1. The first-order valence-electron chi connectivity index (χ1n) is 9.80. The molecule has 0 bridgehead atoms. The third-order valence-electron chi connectivity index (χ3n) is 4.86. The highest BCUT2D eigenvalue weighted by Gasteiger charge is 2.43. The van der Waals surface area contributed by atoms with E-state index in [0.29, 0.717) is 0 Å². The number of halogens is 1. The van der Waals surface area contributed by atoms with Gasteiger partial charge in [0, 0.05) is 18.0 Å². The minimum Gasteiger partial charge on any atom is -0.463 e. The van der Waals surface area contributed by atoms with Crippen LogP contribution in [0.5, 0.6) is 0 Å². The standard InChI is InChI=1S/C24H24BFO5/c1-24(21(26)16-27,31-23(29)15-13-19-10-6-3-7-11-19)20(25)17-30-22(28)14-12-18-8-4-2-5-9-18/h2-16,20-21H,17,25H2,1H3/b14-12+,15-13+/t20-,21+,24+/m0/s1. The highest BCUT2D eigenvalue weighted by molar-refractivity contribution is 6.13. The fourth-order valence-electron chi connectivity index (χ4n) is 2.69. The summed E-state index contributed by atoms with van der Waals surface area (Å²) in [7, 11) is 1.54. The maximum atomic E-state index is 14.4. The monoisotopic (exact) mass is 422 g/mol. The topological polar surface area (TPSA) is 69.7 Å². The van der Waals surface area contributed by atoms with Crippen molar-refractivity contribution in [3.05, 3.63) is 83.9 Å². The predicted octanol–water partition coefficient (Wildman–Crippen LogP) is 3.22. The minimum absolute atomic E-state index is 0.0712. The molecule has 0 aliphatic carbocycles. The normalized spacial score (nSPS) is 15.2. The summed E-state index contributed by atoms with van der Waals surface area (Å²) in [5.74, 6) is -2.22. The molecule has 0 aliphatic heterocycles. The van der Waals surface area contributed by atoms with Gasteiger partial charge in [0.05, 0.1) is 6.61 Å². The molecule has 0 aromatic heterocycles. The van der Waals surface area contributed by atoms with Crippen molar-refractivity contribution in [2.24, 2.45) is 0 Å². The van der Waals surface area contributed by atoms with Crippen LogP contribution < -0.4 is 0 Å². The van der Waals surface area contributed by atoms with E-state index in [1.165, 1.54) is 19.1 Å². The van der Waals surface area contributed by atoms with Crippen molar-refractivity contribution < 1.29 is 28.2 Å². The smallest absolute Gasteiger partial charge is 0.331 e. The Morgan fingerprint density at radius 3 is 1.94 bits per heavy atom. The van der Waals surface area contributed by atoms with E-state index in [4.69, 9.17) is 9.47 Å². The molecule has 0 N–H and O–H groups in total. The molecule has 31 heavy (non-hydrogen) atoms. The van der Waals surface area contributed by atoms with E-state index in [-0.39, 0.29) is 12.9 Å². The van der Waals surface area contributed by atoms with Gasteiger partial charge in [-0.3, -0.25) is 4.79 Å². The van der Waals surface area contributed by atoms with Gasteiger partial charge in [0.2, 0.25) is 0 Å². The summed E-state index contributed by atoms with van der Waals surface area (Å²) in [6, 6.07) is 18.2. The number of hydrogen-bond donors (Lipinski definition) is 0. The lowest BCUT2D eigenvalue weighted by molar-refractivity contribution is -0.162. The Labute approximate surface area is 182 Å². The summed E-state index contributed by atoms with van der Waals surface area (Å²) in [6.07, 6.45) is 3.50. The van der Waals surface area contributed by atoms with Crippen LogP contribution in [0.1, 0.15) is 18.1 Å². The van der Waals surface area contributed by atoms with Crippen molar-refractivity contribution in [3.63, 3.8) is 0 Å². The predicted molar refractivity (Wildman–Crippen MR) is 120 cm³/mol. The number of carbonyl (C=O) groups is 3. The van der Waals surface area contributed by atoms with E-state index in [9.17, 15) is 18.8 Å². The molecule has 0 heterocycles. The molecule has 3 atom stereocenters. The molecule has 5 nitrogen and oxygen atoms in total. The SMILES string of the molecule is B[C@@H](COC(=O)/C=C/c1ccccc1)[C@@](C)(OC(=O)/C=C/c1ccccc1)[C@H](F)C=O. The number of esters is 2. The molecule has 0 saturated heterocycles. The van der Waals surface area contributed by atoms with Gasteiger partial charge in [0.25, 0.3) is 0 Å². The summed E-state index contributed by atoms with van der Waals surface area (Å²) in [5.41, 5.74) is -0.217. The Bertz CT molecular complexity index is 930. The first kappa shape index (κ1) is 23.8. The van der Waals surface area contributed by atoms with E-state index in [2.05, 4.69) is 0 Å². The maximum absolute atomic E-state index is 14.4. The van der Waals surface area contributed by atoms with E-state index < -0.39 is 29.5 Å². The van der Waals surface area contributed by atoms with Gasteiger partial charge in [-0.15, -0.1) is 0 Å². The van der Waals surface area contributed by atoms with Crippen LogP contribution >= 0.6 is 0 Å². The zero-order valence-corrected chi connectivity index (χ0v) is 17.4. The number of aldehydes is 1. The molecule has 0 unspecified atom stereocenters. The number of ether oxygens (including phenoxy) is 2. The lowest BCUT2D eigenvalue weighted by Gasteiger charge is -2.35. The Kier molecular flexibility index (Phi) is 8.94. The summed E-state index contributed by atoms with van der Waals surface area (Å²) in [5, 5.41) is 0. The van der Waals surface area contributed by atoms with Crippen molar-refractivity contribution in [2.45, 2.75) is 24.5 Å². The molecule has 0 amide bonds. The van der Waals surface area contributed by atoms with Gasteiger partial charge >= 0.3 is 11.9 Å². The van der Waals surface area contributed by atoms with Crippen molar-refractivity contribution in [2.75, 3.05) is 6.61 Å². The molecule has 160 valence electrons. The molecule has 2 rings (SSSR count). The molecule has 0 saturated carbocycles. The van der Waals surface area contributed by atoms with Crippen LogP contribution in [0.15, 0.2) is 72.8 Å². The highest BCUT2D eigenvalue weighted by Crippen LogP contribution is 2.31. The Hall–Kier alpha value is -3.48. The lowest BCUT2D eigenvalue weighted by Crippen LogP contribution is -2.47. The van der Waals surface area contributed by atoms with Gasteiger partial charge in [-0.05, 0) is 30.2 Å². The second kappa shape index (κ2) is 11.6. The van der Waals surface area contributed by atoms with Gasteiger partial charge in [0.15, 0.2) is 12.5 Å². The van der Waals surface area contributed by atoms with Crippen LogP contribution in [-0.4, -0.2) is 44.5 Å². The Morgan fingerprint density at radius 2 is 1.45 bits per heavy atom. The van der Waals surface area contributed by atoms with Crippen LogP contribution in [0.2, 0.25) is 5.82 Å². The third kappa shape index (κ3) is 7.37. The fourth-order valence-corrected chi connectivity index (χ4v) is 2.69. The van der Waals surface area contributed by atoms with Gasteiger partial charge < -0.3 is 9.47 Å². The Balaban J connectivity index is 1.99. The average molecular weight is 422 g/mol. The van der Waals surface area contributed by atoms with Crippen LogP contribution in [0.25, 0.3) is 12.2 Å².